The number of thiol groups is 2. The molecular formula is C48H102ClNO14S10. The van der Waals surface area contributed by atoms with Gasteiger partial charge in [0, 0.05) is 59.8 Å². The lowest BCUT2D eigenvalue weighted by Gasteiger charge is -2.26. The van der Waals surface area contributed by atoms with Gasteiger partial charge in [-0.3, -0.25) is 9.69 Å². The maximum absolute atomic E-state index is 11.7. The Labute approximate surface area is 508 Å². The van der Waals surface area contributed by atoms with Crippen molar-refractivity contribution < 1.29 is 67.9 Å². The summed E-state index contributed by atoms with van der Waals surface area (Å²) in [6.07, 6.45) is 8.92. The van der Waals surface area contributed by atoms with Gasteiger partial charge in [-0.1, -0.05) is 110 Å². The Morgan fingerprint density at radius 2 is 1.34 bits per heavy atom. The van der Waals surface area contributed by atoms with E-state index in [4.69, 9.17) is 36.0 Å². The molecule has 1 saturated heterocycles. The Morgan fingerprint density at radius 3 is 1.68 bits per heavy atom. The van der Waals surface area contributed by atoms with Crippen LogP contribution in [0.2, 0.25) is 0 Å². The van der Waals surface area contributed by atoms with Crippen LogP contribution in [-0.4, -0.2) is 164 Å². The number of aliphatic hydroxyl groups is 2. The van der Waals surface area contributed by atoms with Crippen molar-refractivity contribution in [2.45, 2.75) is 146 Å². The van der Waals surface area contributed by atoms with E-state index < -0.39 is 30.0 Å². The summed E-state index contributed by atoms with van der Waals surface area (Å²) in [5, 5.41) is 17.3. The van der Waals surface area contributed by atoms with Crippen molar-refractivity contribution in [2.24, 2.45) is 16.2 Å². The summed E-state index contributed by atoms with van der Waals surface area (Å²) in [4.78, 5) is 35.3. The van der Waals surface area contributed by atoms with Gasteiger partial charge in [0.05, 0.1) is 34.8 Å². The molecule has 1 aliphatic rings. The first-order chi connectivity index (χ1) is 38.1. The summed E-state index contributed by atoms with van der Waals surface area (Å²) in [5.74, 6) is 1.32. The lowest BCUT2D eigenvalue weighted by Crippen LogP contribution is -2.37. The molecule has 0 atom stereocenters. The minimum atomic E-state index is -3.10. The molecule has 0 saturated carbocycles. The van der Waals surface area contributed by atoms with Gasteiger partial charge in [-0.2, -0.15) is 65.2 Å². The average molecular weight is 1290 g/mol. The molecule has 0 aromatic heterocycles. The van der Waals surface area contributed by atoms with Gasteiger partial charge in [0.15, 0.2) is 20.1 Å². The summed E-state index contributed by atoms with van der Waals surface area (Å²) < 4.78 is 116. The number of alkyl halides is 1. The first kappa shape index (κ1) is 74.3. The van der Waals surface area contributed by atoms with E-state index >= 15 is 0 Å². The molecule has 0 radical (unpaired) electrons. The van der Waals surface area contributed by atoms with Crippen LogP contribution in [0, 0.1) is 23.2 Å². The van der Waals surface area contributed by atoms with Crippen LogP contribution in [0.1, 0.15) is 130 Å². The van der Waals surface area contributed by atoms with Crippen LogP contribution in [-0.2, 0) is 46.2 Å². The Morgan fingerprint density at radius 1 is 0.878 bits per heavy atom. The molecular weight excluding hydrogens is 1170 g/mol. The van der Waals surface area contributed by atoms with Gasteiger partial charge in [0.1, 0.15) is 8.85 Å². The van der Waals surface area contributed by atoms with Gasteiger partial charge in [-0.05, 0) is 123 Å². The zero-order chi connectivity index (χ0) is 66.5. The number of hydrogen-bond donors (Lipinski definition) is 4. The molecule has 2 N–H and O–H groups in total. The second kappa shape index (κ2) is 56.5. The molecule has 74 heavy (non-hydrogen) atoms. The van der Waals surface area contributed by atoms with Gasteiger partial charge in [-0.25, -0.2) is 26.4 Å². The molecule has 2 rings (SSSR count). The van der Waals surface area contributed by atoms with E-state index in [1.807, 2.05) is 20.8 Å². The Bertz CT molecular complexity index is 1760. The maximum atomic E-state index is 11.7. The van der Waals surface area contributed by atoms with Crippen molar-refractivity contribution in [3.8, 4) is 0 Å². The predicted octanol–water partition coefficient (Wildman–Crippen LogP) is 12.1. The van der Waals surface area contributed by atoms with Gasteiger partial charge >= 0.3 is 12.3 Å². The minimum absolute atomic E-state index is 0.0392. The molecule has 1 aliphatic heterocycles. The molecule has 0 spiro atoms. The Kier molecular flexibility index (Phi) is 56.7. The van der Waals surface area contributed by atoms with Crippen LogP contribution in [0.4, 0.5) is 9.59 Å². The lowest BCUT2D eigenvalue weighted by atomic mass is 9.91. The maximum Gasteiger partial charge on any atom is 0.509 e. The van der Waals surface area contributed by atoms with Crippen LogP contribution in [0.25, 0.3) is 0 Å². The van der Waals surface area contributed by atoms with E-state index in [1.165, 1.54) is 37.1 Å². The first-order valence-electron chi connectivity index (χ1n) is 26.8. The fourth-order valence-electron chi connectivity index (χ4n) is 4.07. The Hall–Kier alpha value is 0.260. The third-order valence-electron chi connectivity index (χ3n) is 7.89. The number of ether oxygens (including phenoxy) is 5. The molecule has 0 amide bonds. The number of benzene rings is 1. The van der Waals surface area contributed by atoms with Crippen molar-refractivity contribution in [3.63, 3.8) is 0 Å². The number of halogens is 1. The van der Waals surface area contributed by atoms with E-state index in [0.29, 0.717) is 37.3 Å². The van der Waals surface area contributed by atoms with Crippen molar-refractivity contribution in [1.82, 2.24) is 4.90 Å². The summed E-state index contributed by atoms with van der Waals surface area (Å²) in [5.41, 5.74) is 1.26. The predicted molar refractivity (Wildman–Crippen MR) is 341 cm³/mol. The van der Waals surface area contributed by atoms with E-state index in [-0.39, 0.29) is 72.8 Å². The van der Waals surface area contributed by atoms with Crippen molar-refractivity contribution >= 4 is 145 Å². The topological polar surface area (TPSA) is 209 Å². The van der Waals surface area contributed by atoms with Gasteiger partial charge < -0.3 is 33.9 Å². The van der Waals surface area contributed by atoms with Crippen molar-refractivity contribution in [3.05, 3.63) is 29.8 Å². The molecule has 15 nitrogen and oxygen atoms in total. The van der Waals surface area contributed by atoms with Gasteiger partial charge in [-0.15, -0.1) is 0 Å². The molecule has 0 unspecified atom stereocenters. The third-order valence-corrected chi connectivity index (χ3v) is 14.7. The largest absolute Gasteiger partial charge is 0.509 e. The number of rotatable bonds is 18. The second-order valence-corrected chi connectivity index (χ2v) is 28.4. The number of morpholine rings is 1. The summed E-state index contributed by atoms with van der Waals surface area (Å²) in [6, 6.07) is 6.68. The number of carbonyl (C=O) groups excluding carboxylic acids is 3. The number of aliphatic hydroxyl groups excluding tert-OH is 2. The van der Waals surface area contributed by atoms with Crippen LogP contribution < -0.4 is 0 Å². The number of thioether (sulfide) groups is 1. The van der Waals surface area contributed by atoms with Crippen LogP contribution >= 0.6 is 110 Å². The zero-order valence-corrected chi connectivity index (χ0v) is 56.0. The minimum Gasteiger partial charge on any atom is -0.433 e. The van der Waals surface area contributed by atoms with E-state index in [2.05, 4.69) is 85.3 Å². The highest BCUT2D eigenvalue weighted by molar-refractivity contribution is 8.72. The van der Waals surface area contributed by atoms with E-state index in [1.54, 1.807) is 64.5 Å². The summed E-state index contributed by atoms with van der Waals surface area (Å²) in [6.45, 7) is 29.2. The number of carbonyl (C=O) groups is 3. The summed E-state index contributed by atoms with van der Waals surface area (Å²) in [7, 11) is -4.13. The smallest absolute Gasteiger partial charge is 0.433 e. The average Bonchev–Trinajstić information content (AvgIpc) is 3.41. The normalized spacial score (nSPS) is 13.1. The monoisotopic (exact) mass is 1290 g/mol. The molecule has 26 heteroatoms. The lowest BCUT2D eigenvalue weighted by molar-refractivity contribution is -0.111. The summed E-state index contributed by atoms with van der Waals surface area (Å²) >= 11 is 14.2. The van der Waals surface area contributed by atoms with Gasteiger partial charge in [0.25, 0.3) is 0 Å². The highest BCUT2D eigenvalue weighted by Gasteiger charge is 2.16. The highest BCUT2D eigenvalue weighted by Crippen LogP contribution is 2.23. The highest BCUT2D eigenvalue weighted by atomic mass is 35.5. The molecule has 0 aliphatic carbocycles. The van der Waals surface area contributed by atoms with Crippen molar-refractivity contribution in [2.75, 3.05) is 95.3 Å². The fourth-order valence-corrected chi connectivity index (χ4v) is 6.93. The van der Waals surface area contributed by atoms with Crippen molar-refractivity contribution in [1.29, 1.82) is 6.74 Å². The first-order valence-corrected chi connectivity index (χ1v) is 32.6. The van der Waals surface area contributed by atoms with E-state index in [0.717, 1.165) is 97.2 Å². The molecule has 0 bridgehead atoms. The number of hydrogen-bond acceptors (Lipinski definition) is 20. The number of aryl methyl sites for hydroxylation is 1. The van der Waals surface area contributed by atoms with Crippen LogP contribution in [0.15, 0.2) is 29.2 Å². The zero-order valence-electron chi connectivity index (χ0n) is 55.0. The standard InChI is InChI=1S/C13H25NO2S.C8H10O2S2.C7H16.C6H12O3S.C6H14O2.C5H9ClO3.C2H6O2S2.CH4S.3H2S/c1-13(2,3)5-11-17-12(15)4-6-14-7-9-16-10-8-14;1-7-3-5-8(6-4-7)12(9,10)11-2;1-5-6-7(2,3)4;1-5(2)9-6(7)8-3-4-10;1-6(2,5-8)3-4-7;1-4(2)9-5(7)8-3-6;1-5-6(2,3)4;1-2;;;/h4-11H2,1-3H3;3-6H,1-2H3;5-6H2,1-4H3;5,10H,3-4H2,1-2H3;7-8H,3-5H2,1-2H3;4H,3H2,1-2H3;1-2H3;2H,1H3;3*1H2/i1T;;2T;;;;;;;;/hT6. The molecule has 450 valence electrons. The van der Waals surface area contributed by atoms with Crippen LogP contribution in [0.5, 0.6) is 0 Å². The molecule has 1 heterocycles. The van der Waals surface area contributed by atoms with Crippen LogP contribution in [0.3, 0.4) is 0 Å². The second-order valence-electron chi connectivity index (χ2n) is 18.0. The third kappa shape index (κ3) is 78.8. The quantitative estimate of drug-likeness (QED) is 0.0354. The number of nitrogens with zero attached hydrogens (tertiary/aromatic N) is 1. The fraction of sp³-hybridized carbons (Fsp3) is 0.812. The molecule has 1 fully saturated rings. The Balaban J connectivity index is -0.000000108. The molecule has 1 aromatic carbocycles. The van der Waals surface area contributed by atoms with E-state index in [9.17, 15) is 31.2 Å². The SMILES string of the molecule is CC(C)(CO)CCO.CC(C)OC(=O)OCCl.CSS(=O)(=O)c1ccc(C)cc1.CSS(C)(=O)=O.[3H]CC(C)(C)CCC.[3H]CC(C)(C)CCSC(=O)CCN1CCOCC1.[3H]S.[3H]S.[3H]SC.[3H]SCCOC(=O)OC(C)C.[3H]S[3H]. The molecule has 1 aromatic rings. The van der Waals surface area contributed by atoms with Gasteiger partial charge in [0.2, 0.25) is 8.87 Å².